The van der Waals surface area contributed by atoms with Crippen LogP contribution in [-0.4, -0.2) is 69.5 Å². The van der Waals surface area contributed by atoms with E-state index < -0.39 is 23.2 Å². The van der Waals surface area contributed by atoms with E-state index in [0.29, 0.717) is 36.9 Å². The first kappa shape index (κ1) is 28.7. The Balaban J connectivity index is 1.41. The minimum atomic E-state index is -0.678. The highest BCUT2D eigenvalue weighted by atomic mass is 35.5. The van der Waals surface area contributed by atoms with Crippen molar-refractivity contribution in [3.05, 3.63) is 71.2 Å². The van der Waals surface area contributed by atoms with Gasteiger partial charge in [-0.3, -0.25) is 9.59 Å². The monoisotopic (exact) mass is 569 g/mol. The molecule has 0 aliphatic carbocycles. The number of pyridine rings is 1. The number of nitrogens with one attached hydrogen (secondary N) is 2. The van der Waals surface area contributed by atoms with Crippen LogP contribution in [0.5, 0.6) is 0 Å². The maximum absolute atomic E-state index is 14.0. The van der Waals surface area contributed by atoms with Gasteiger partial charge in [-0.15, -0.1) is 0 Å². The van der Waals surface area contributed by atoms with Crippen LogP contribution in [0.4, 0.5) is 26.4 Å². The molecule has 1 aliphatic rings. The molecule has 0 unspecified atom stereocenters. The molecule has 13 heteroatoms. The predicted octanol–water partition coefficient (Wildman–Crippen LogP) is 4.62. The van der Waals surface area contributed by atoms with Crippen molar-refractivity contribution in [1.82, 2.24) is 19.9 Å². The molecule has 0 bridgehead atoms. The Kier molecular flexibility index (Phi) is 8.78. The molecule has 4 rings (SSSR count). The second-order valence-corrected chi connectivity index (χ2v) is 10.5. The highest BCUT2D eigenvalue weighted by Crippen LogP contribution is 2.21. The number of amides is 3. The van der Waals surface area contributed by atoms with Gasteiger partial charge in [-0.2, -0.15) is 0 Å². The van der Waals surface area contributed by atoms with Crippen LogP contribution >= 0.6 is 11.6 Å². The summed E-state index contributed by atoms with van der Waals surface area (Å²) in [5, 5.41) is 5.50. The fourth-order valence-corrected chi connectivity index (χ4v) is 4.02. The summed E-state index contributed by atoms with van der Waals surface area (Å²) in [6.45, 7) is 7.74. The van der Waals surface area contributed by atoms with E-state index in [1.807, 2.05) is 25.7 Å². The molecular formula is C27H29ClFN7O4. The van der Waals surface area contributed by atoms with Gasteiger partial charge in [-0.25, -0.2) is 24.1 Å². The van der Waals surface area contributed by atoms with E-state index in [0.717, 1.165) is 18.6 Å². The number of carbonyl (C=O) groups is 3. The molecule has 3 aromatic rings. The van der Waals surface area contributed by atoms with Crippen molar-refractivity contribution in [3.8, 4) is 0 Å². The Morgan fingerprint density at radius 1 is 0.925 bits per heavy atom. The Labute approximate surface area is 235 Å². The van der Waals surface area contributed by atoms with Crippen molar-refractivity contribution in [2.45, 2.75) is 32.8 Å². The van der Waals surface area contributed by atoms with Crippen LogP contribution in [0, 0.1) is 5.82 Å². The Morgan fingerprint density at radius 3 is 2.35 bits per heavy atom. The molecule has 1 fully saturated rings. The van der Waals surface area contributed by atoms with E-state index in [2.05, 4.69) is 25.6 Å². The predicted molar refractivity (Wildman–Crippen MR) is 148 cm³/mol. The van der Waals surface area contributed by atoms with Gasteiger partial charge in [0, 0.05) is 32.4 Å². The number of halogens is 2. The first-order valence-electron chi connectivity index (χ1n) is 12.6. The van der Waals surface area contributed by atoms with Crippen LogP contribution in [0.25, 0.3) is 0 Å². The molecule has 1 aliphatic heterocycles. The third-order valence-electron chi connectivity index (χ3n) is 5.80. The molecule has 1 saturated heterocycles. The lowest BCUT2D eigenvalue weighted by Crippen LogP contribution is -2.39. The van der Waals surface area contributed by atoms with Crippen molar-refractivity contribution in [3.63, 3.8) is 0 Å². The molecule has 0 saturated carbocycles. The van der Waals surface area contributed by atoms with Crippen LogP contribution in [0.15, 0.2) is 48.9 Å². The number of rotatable bonds is 5. The van der Waals surface area contributed by atoms with Crippen LogP contribution in [0.1, 0.15) is 48.2 Å². The molecule has 2 aromatic heterocycles. The molecule has 40 heavy (non-hydrogen) atoms. The highest BCUT2D eigenvalue weighted by molar-refractivity contribution is 6.30. The maximum atomic E-state index is 14.0. The van der Waals surface area contributed by atoms with E-state index in [9.17, 15) is 18.8 Å². The Bertz CT molecular complexity index is 1380. The van der Waals surface area contributed by atoms with Crippen molar-refractivity contribution in [1.29, 1.82) is 0 Å². The second-order valence-electron chi connectivity index (χ2n) is 10.0. The molecular weight excluding hydrogens is 541 g/mol. The molecule has 210 valence electrons. The number of hydrogen-bond acceptors (Lipinski definition) is 8. The van der Waals surface area contributed by atoms with Gasteiger partial charge < -0.3 is 25.2 Å². The Hall–Kier alpha value is -4.32. The first-order chi connectivity index (χ1) is 19.0. The molecule has 3 heterocycles. The number of ether oxygens (including phenoxy) is 1. The lowest BCUT2D eigenvalue weighted by Gasteiger charge is -2.26. The van der Waals surface area contributed by atoms with Gasteiger partial charge >= 0.3 is 6.09 Å². The van der Waals surface area contributed by atoms with E-state index in [1.165, 1.54) is 30.7 Å². The van der Waals surface area contributed by atoms with Gasteiger partial charge in [0.2, 0.25) is 5.82 Å². The SMILES string of the molecule is CC(C)(C)OC(=O)N1CCCN(c2cnc(C(=O)Nc3ccc(F)cc3C(=O)Nc3ccc(Cl)cn3)nc2)CC1. The van der Waals surface area contributed by atoms with Crippen molar-refractivity contribution >= 4 is 46.7 Å². The topological polar surface area (TPSA) is 130 Å². The third-order valence-corrected chi connectivity index (χ3v) is 6.02. The minimum absolute atomic E-state index is 0.0697. The fourth-order valence-electron chi connectivity index (χ4n) is 3.91. The summed E-state index contributed by atoms with van der Waals surface area (Å²) in [6, 6.07) is 6.44. The average Bonchev–Trinajstić information content (AvgIpc) is 3.17. The van der Waals surface area contributed by atoms with Crippen molar-refractivity contribution in [2.75, 3.05) is 41.7 Å². The van der Waals surface area contributed by atoms with Gasteiger partial charge in [0.15, 0.2) is 0 Å². The van der Waals surface area contributed by atoms with Gasteiger partial charge in [0.05, 0.1) is 34.4 Å². The molecule has 0 spiro atoms. The highest BCUT2D eigenvalue weighted by Gasteiger charge is 2.25. The summed E-state index contributed by atoms with van der Waals surface area (Å²) < 4.78 is 19.4. The zero-order chi connectivity index (χ0) is 28.9. The number of carbonyl (C=O) groups excluding carboxylic acids is 3. The molecule has 0 radical (unpaired) electrons. The van der Waals surface area contributed by atoms with E-state index in [-0.39, 0.29) is 29.0 Å². The Morgan fingerprint density at radius 2 is 1.68 bits per heavy atom. The summed E-state index contributed by atoms with van der Waals surface area (Å²) in [5.74, 6) is -1.94. The summed E-state index contributed by atoms with van der Waals surface area (Å²) in [4.78, 5) is 54.2. The summed E-state index contributed by atoms with van der Waals surface area (Å²) in [5.41, 5.74) is 0.0840. The van der Waals surface area contributed by atoms with E-state index in [1.54, 1.807) is 11.0 Å². The summed E-state index contributed by atoms with van der Waals surface area (Å²) >= 11 is 5.82. The standard InChI is InChI=1S/C27H29ClFN7O4/c1-27(2,3)40-26(39)36-10-4-9-35(11-12-36)19-15-31-23(32-16-19)25(38)33-21-7-6-18(29)13-20(21)24(37)34-22-8-5-17(28)14-30-22/h5-8,13-16H,4,9-12H2,1-3H3,(H,33,38)(H,30,34,37). The number of hydrogen-bond donors (Lipinski definition) is 2. The van der Waals surface area contributed by atoms with Gasteiger partial charge in [0.25, 0.3) is 11.8 Å². The minimum Gasteiger partial charge on any atom is -0.444 e. The van der Waals surface area contributed by atoms with E-state index in [4.69, 9.17) is 16.3 Å². The first-order valence-corrected chi connectivity index (χ1v) is 12.9. The van der Waals surface area contributed by atoms with Gasteiger partial charge in [0.1, 0.15) is 17.2 Å². The van der Waals surface area contributed by atoms with Crippen molar-refractivity contribution < 1.29 is 23.5 Å². The molecule has 1 aromatic carbocycles. The molecule has 11 nitrogen and oxygen atoms in total. The quantitative estimate of drug-likeness (QED) is 0.455. The zero-order valence-corrected chi connectivity index (χ0v) is 23.0. The van der Waals surface area contributed by atoms with Crippen LogP contribution in [0.2, 0.25) is 5.02 Å². The summed E-state index contributed by atoms with van der Waals surface area (Å²) in [7, 11) is 0. The zero-order valence-electron chi connectivity index (χ0n) is 22.3. The largest absolute Gasteiger partial charge is 0.444 e. The lowest BCUT2D eigenvalue weighted by atomic mass is 10.1. The number of anilines is 3. The average molecular weight is 570 g/mol. The third kappa shape index (κ3) is 7.63. The maximum Gasteiger partial charge on any atom is 0.410 e. The number of benzene rings is 1. The number of nitrogens with zero attached hydrogens (tertiary/aromatic N) is 5. The van der Waals surface area contributed by atoms with Crippen LogP contribution in [-0.2, 0) is 4.74 Å². The van der Waals surface area contributed by atoms with Crippen molar-refractivity contribution in [2.24, 2.45) is 0 Å². The lowest BCUT2D eigenvalue weighted by molar-refractivity contribution is 0.0263. The number of aromatic nitrogens is 3. The smallest absolute Gasteiger partial charge is 0.410 e. The van der Waals surface area contributed by atoms with Gasteiger partial charge in [-0.1, -0.05) is 11.6 Å². The normalized spacial score (nSPS) is 13.8. The fraction of sp³-hybridized carbons (Fsp3) is 0.333. The molecule has 3 amide bonds. The summed E-state index contributed by atoms with van der Waals surface area (Å²) in [6.07, 6.45) is 4.78. The van der Waals surface area contributed by atoms with E-state index >= 15 is 0 Å². The molecule has 0 atom stereocenters. The second kappa shape index (κ2) is 12.2. The molecule has 2 N–H and O–H groups in total. The van der Waals surface area contributed by atoms with Gasteiger partial charge in [-0.05, 0) is 57.5 Å². The van der Waals surface area contributed by atoms with Crippen LogP contribution in [0.3, 0.4) is 0 Å². The van der Waals surface area contributed by atoms with Crippen LogP contribution < -0.4 is 15.5 Å².